The highest BCUT2D eigenvalue weighted by Gasteiger charge is 2.51. The van der Waals surface area contributed by atoms with E-state index >= 15 is 0 Å². The third-order valence-corrected chi connectivity index (χ3v) is 12.1. The molecular formula is C48H89NO13. The van der Waals surface area contributed by atoms with Gasteiger partial charge in [-0.2, -0.15) is 0 Å². The molecule has 364 valence electrons. The van der Waals surface area contributed by atoms with Gasteiger partial charge in [-0.1, -0.05) is 167 Å². The maximum absolute atomic E-state index is 13.1. The molecule has 2 saturated heterocycles. The van der Waals surface area contributed by atoms with Gasteiger partial charge in [-0.3, -0.25) is 4.79 Å². The first-order valence-corrected chi connectivity index (χ1v) is 24.6. The van der Waals surface area contributed by atoms with Gasteiger partial charge in [-0.05, 0) is 32.1 Å². The van der Waals surface area contributed by atoms with Crippen LogP contribution in [-0.4, -0.2) is 140 Å². The molecule has 2 heterocycles. The Hall–Kier alpha value is -1.53. The Kier molecular flexibility index (Phi) is 32.6. The zero-order chi connectivity index (χ0) is 45.4. The number of carbonyl (C=O) groups is 1. The lowest BCUT2D eigenvalue weighted by Gasteiger charge is -2.46. The molecule has 9 N–H and O–H groups in total. The molecule has 0 saturated carbocycles. The first-order chi connectivity index (χ1) is 30.1. The van der Waals surface area contributed by atoms with E-state index in [9.17, 15) is 45.6 Å². The lowest BCUT2D eigenvalue weighted by molar-refractivity contribution is -0.359. The van der Waals surface area contributed by atoms with E-state index in [1.165, 1.54) is 116 Å². The molecule has 0 radical (unpaired) electrons. The Bertz CT molecular complexity index is 1140. The monoisotopic (exact) mass is 888 g/mol. The molecule has 14 nitrogen and oxygen atoms in total. The Morgan fingerprint density at radius 1 is 0.565 bits per heavy atom. The van der Waals surface area contributed by atoms with Crippen LogP contribution in [0.15, 0.2) is 24.3 Å². The number of ether oxygens (including phenoxy) is 4. The van der Waals surface area contributed by atoms with Crippen LogP contribution >= 0.6 is 0 Å². The van der Waals surface area contributed by atoms with Gasteiger partial charge in [0.2, 0.25) is 5.91 Å². The molecule has 62 heavy (non-hydrogen) atoms. The number of hydrogen-bond acceptors (Lipinski definition) is 13. The first kappa shape index (κ1) is 56.6. The van der Waals surface area contributed by atoms with Gasteiger partial charge in [-0.25, -0.2) is 0 Å². The fourth-order valence-corrected chi connectivity index (χ4v) is 8.07. The van der Waals surface area contributed by atoms with Crippen LogP contribution < -0.4 is 5.32 Å². The average Bonchev–Trinajstić information content (AvgIpc) is 3.27. The van der Waals surface area contributed by atoms with Crippen LogP contribution in [0, 0.1) is 0 Å². The number of unbranched alkanes of at least 4 members (excludes halogenated alkanes) is 22. The van der Waals surface area contributed by atoms with Crippen molar-refractivity contribution in [3.8, 4) is 0 Å². The summed E-state index contributed by atoms with van der Waals surface area (Å²) in [5, 5.41) is 86.6. The smallest absolute Gasteiger partial charge is 0.220 e. The minimum Gasteiger partial charge on any atom is -0.394 e. The van der Waals surface area contributed by atoms with Crippen LogP contribution in [0.4, 0.5) is 0 Å². The molecule has 0 spiro atoms. The third kappa shape index (κ3) is 23.1. The van der Waals surface area contributed by atoms with Crippen molar-refractivity contribution in [1.82, 2.24) is 5.32 Å². The second-order valence-corrected chi connectivity index (χ2v) is 17.6. The van der Waals surface area contributed by atoms with Gasteiger partial charge >= 0.3 is 0 Å². The van der Waals surface area contributed by atoms with Crippen molar-refractivity contribution in [2.24, 2.45) is 0 Å². The lowest BCUT2D eigenvalue weighted by atomic mass is 9.97. The minimum atomic E-state index is -1.79. The van der Waals surface area contributed by atoms with Crippen LogP contribution in [0.3, 0.4) is 0 Å². The molecule has 0 aromatic carbocycles. The highest BCUT2D eigenvalue weighted by molar-refractivity contribution is 5.76. The SMILES string of the molecule is CCCCCCCCCCCC/C=C/CC/C=C/C(O)C(COC1OC(CO)C(OC2OC(CO)C(O)C(O)C2O)C(O)C1O)NC(=O)CCCCCCCCCCCCCC. The van der Waals surface area contributed by atoms with E-state index in [1.807, 2.05) is 6.08 Å². The van der Waals surface area contributed by atoms with E-state index in [1.54, 1.807) is 6.08 Å². The van der Waals surface area contributed by atoms with Gasteiger partial charge in [0, 0.05) is 6.42 Å². The molecule has 2 fully saturated rings. The van der Waals surface area contributed by atoms with E-state index in [0.717, 1.165) is 32.1 Å². The van der Waals surface area contributed by atoms with E-state index in [2.05, 4.69) is 31.3 Å². The summed E-state index contributed by atoms with van der Waals surface area (Å²) >= 11 is 0. The maximum atomic E-state index is 13.1. The normalized spacial score (nSPS) is 27.9. The first-order valence-electron chi connectivity index (χ1n) is 24.6. The van der Waals surface area contributed by atoms with Crippen molar-refractivity contribution in [3.05, 3.63) is 24.3 Å². The Labute approximate surface area is 373 Å². The molecule has 2 aliphatic heterocycles. The zero-order valence-corrected chi connectivity index (χ0v) is 38.4. The van der Waals surface area contributed by atoms with Gasteiger partial charge in [0.15, 0.2) is 12.6 Å². The highest BCUT2D eigenvalue weighted by Crippen LogP contribution is 2.30. The fraction of sp³-hybridized carbons (Fsp3) is 0.896. The Balaban J connectivity index is 1.89. The molecule has 0 aromatic rings. The summed E-state index contributed by atoms with van der Waals surface area (Å²) in [6.45, 7) is 2.75. The second kappa shape index (κ2) is 35.7. The van der Waals surface area contributed by atoms with Gasteiger partial charge in [0.05, 0.1) is 32.0 Å². The third-order valence-electron chi connectivity index (χ3n) is 12.1. The number of aliphatic hydroxyl groups excluding tert-OH is 8. The topological polar surface area (TPSA) is 228 Å². The van der Waals surface area contributed by atoms with E-state index in [0.29, 0.717) is 12.8 Å². The Morgan fingerprint density at radius 2 is 1.03 bits per heavy atom. The van der Waals surface area contributed by atoms with Gasteiger partial charge in [-0.15, -0.1) is 0 Å². The molecule has 14 heteroatoms. The molecule has 12 unspecified atom stereocenters. The molecule has 2 aliphatic rings. The van der Waals surface area contributed by atoms with Crippen LogP contribution in [0.2, 0.25) is 0 Å². The van der Waals surface area contributed by atoms with Gasteiger partial charge < -0.3 is 65.1 Å². The molecule has 0 bridgehead atoms. The van der Waals surface area contributed by atoms with Crippen molar-refractivity contribution in [2.45, 2.75) is 254 Å². The van der Waals surface area contributed by atoms with Crippen molar-refractivity contribution in [2.75, 3.05) is 19.8 Å². The second-order valence-electron chi connectivity index (χ2n) is 17.6. The van der Waals surface area contributed by atoms with Crippen molar-refractivity contribution >= 4 is 5.91 Å². The number of carbonyl (C=O) groups excluding carboxylic acids is 1. The molecule has 12 atom stereocenters. The summed E-state index contributed by atoms with van der Waals surface area (Å²) in [5.74, 6) is -0.251. The van der Waals surface area contributed by atoms with Crippen molar-refractivity contribution < 1.29 is 64.6 Å². The standard InChI is InChI=1S/C48H89NO13/c1-3-5-7-9-11-13-15-17-18-19-20-21-23-25-27-29-31-37(52)36(49-40(53)32-30-28-26-24-22-16-14-12-10-8-6-4-2)35-59-47-45(58)43(56)46(39(34-51)61-47)62-48-44(57)42(55)41(54)38(33-50)60-48/h21,23,29,31,36-39,41-48,50-52,54-58H,3-20,22,24-28,30,32-35H2,1-2H3,(H,49,53)/b23-21+,31-29+. The van der Waals surface area contributed by atoms with Gasteiger partial charge in [0.25, 0.3) is 0 Å². The van der Waals surface area contributed by atoms with Crippen molar-refractivity contribution in [1.29, 1.82) is 0 Å². The van der Waals surface area contributed by atoms with E-state index in [4.69, 9.17) is 18.9 Å². The van der Waals surface area contributed by atoms with Crippen LogP contribution in [0.5, 0.6) is 0 Å². The van der Waals surface area contributed by atoms with E-state index < -0.39 is 86.8 Å². The molecule has 0 aromatic heterocycles. The zero-order valence-electron chi connectivity index (χ0n) is 38.4. The van der Waals surface area contributed by atoms with Crippen LogP contribution in [0.1, 0.15) is 181 Å². The quantitative estimate of drug-likeness (QED) is 0.0267. The number of rotatable bonds is 37. The number of amides is 1. The molecule has 2 rings (SSSR count). The number of allylic oxidation sites excluding steroid dienone is 3. The number of aliphatic hydroxyl groups is 8. The minimum absolute atomic E-state index is 0.251. The molecule has 0 aliphatic carbocycles. The lowest BCUT2D eigenvalue weighted by Crippen LogP contribution is -2.65. The summed E-state index contributed by atoms with van der Waals surface area (Å²) in [7, 11) is 0. The van der Waals surface area contributed by atoms with E-state index in [-0.39, 0.29) is 18.9 Å². The summed E-state index contributed by atoms with van der Waals surface area (Å²) < 4.78 is 22.6. The Morgan fingerprint density at radius 3 is 1.58 bits per heavy atom. The van der Waals surface area contributed by atoms with Crippen molar-refractivity contribution in [3.63, 3.8) is 0 Å². The highest BCUT2D eigenvalue weighted by atomic mass is 16.7. The maximum Gasteiger partial charge on any atom is 0.220 e. The fourth-order valence-electron chi connectivity index (χ4n) is 8.07. The summed E-state index contributed by atoms with van der Waals surface area (Å²) in [4.78, 5) is 13.1. The van der Waals surface area contributed by atoms with Crippen LogP contribution in [-0.2, 0) is 23.7 Å². The summed E-state index contributed by atoms with van der Waals surface area (Å²) in [5.41, 5.74) is 0. The summed E-state index contributed by atoms with van der Waals surface area (Å²) in [6.07, 6.45) is 20.8. The predicted octanol–water partition coefficient (Wildman–Crippen LogP) is 5.77. The molecular weight excluding hydrogens is 799 g/mol. The summed E-state index contributed by atoms with van der Waals surface area (Å²) in [6, 6.07) is -0.924. The number of nitrogens with one attached hydrogen (secondary N) is 1. The predicted molar refractivity (Wildman–Crippen MR) is 240 cm³/mol. The van der Waals surface area contributed by atoms with Crippen LogP contribution in [0.25, 0.3) is 0 Å². The molecule has 1 amide bonds. The number of hydrogen-bond donors (Lipinski definition) is 9. The largest absolute Gasteiger partial charge is 0.394 e. The average molecular weight is 888 g/mol. The van der Waals surface area contributed by atoms with Gasteiger partial charge in [0.1, 0.15) is 48.8 Å².